The Labute approximate surface area is 249 Å². The highest BCUT2D eigenvalue weighted by Gasteiger charge is 2.32. The van der Waals surface area contributed by atoms with Crippen molar-refractivity contribution in [3.63, 3.8) is 0 Å². The molecule has 1 N–H and O–H groups in total. The van der Waals surface area contributed by atoms with Crippen LogP contribution in [-0.2, 0) is 5.41 Å². The molecule has 0 bridgehead atoms. The number of nitrogens with zero attached hydrogens (tertiary/aromatic N) is 2. The number of nitrogens with one attached hydrogen (secondary N) is 1. The Morgan fingerprint density at radius 2 is 1.55 bits per heavy atom. The van der Waals surface area contributed by atoms with E-state index in [0.29, 0.717) is 17.8 Å². The van der Waals surface area contributed by atoms with Crippen molar-refractivity contribution in [1.82, 2.24) is 9.97 Å². The highest BCUT2D eigenvalue weighted by molar-refractivity contribution is 5.78. The summed E-state index contributed by atoms with van der Waals surface area (Å²) in [5, 5.41) is 3.56. The smallest absolute Gasteiger partial charge is 0.237 e. The molecule has 218 valence electrons. The van der Waals surface area contributed by atoms with Crippen molar-refractivity contribution in [1.29, 1.82) is 0 Å². The summed E-state index contributed by atoms with van der Waals surface area (Å²) in [7, 11) is 0. The summed E-state index contributed by atoms with van der Waals surface area (Å²) in [6.07, 6.45) is 8.43. The molecule has 1 aliphatic rings. The number of anilines is 1. The van der Waals surface area contributed by atoms with Crippen LogP contribution in [0.5, 0.6) is 17.4 Å². The fourth-order valence-corrected chi connectivity index (χ4v) is 5.83. The Bertz CT molecular complexity index is 1470. The first-order valence-electron chi connectivity index (χ1n) is 15.0. The Morgan fingerprint density at radius 3 is 2.07 bits per heavy atom. The Morgan fingerprint density at radius 1 is 0.905 bits per heavy atom. The maximum Gasteiger partial charge on any atom is 0.237 e. The van der Waals surface area contributed by atoms with Gasteiger partial charge in [0.15, 0.2) is 0 Å². The summed E-state index contributed by atoms with van der Waals surface area (Å²) >= 11 is 0. The largest absolute Gasteiger partial charge is 0.490 e. The molecule has 42 heavy (non-hydrogen) atoms. The first kappa shape index (κ1) is 29.3. The minimum Gasteiger partial charge on any atom is -0.490 e. The SMILES string of the molecule is CCC(CC)(c1ccc(Oc2cnc(C(C)C)cn2)cc1)c1ccc(OC2CC(Nc3ccc(C=O)c(C)c3)C2)cc1. The van der Waals surface area contributed by atoms with Crippen LogP contribution in [0.3, 0.4) is 0 Å². The number of aromatic nitrogens is 2. The average molecular weight is 564 g/mol. The zero-order valence-corrected chi connectivity index (χ0v) is 25.3. The molecule has 3 aromatic carbocycles. The molecule has 4 aromatic rings. The van der Waals surface area contributed by atoms with Gasteiger partial charge in [-0.15, -0.1) is 0 Å². The van der Waals surface area contributed by atoms with Crippen LogP contribution in [0.1, 0.15) is 92.0 Å². The van der Waals surface area contributed by atoms with E-state index in [1.54, 1.807) is 12.4 Å². The quantitative estimate of drug-likeness (QED) is 0.174. The van der Waals surface area contributed by atoms with Gasteiger partial charge >= 0.3 is 0 Å². The van der Waals surface area contributed by atoms with Crippen molar-refractivity contribution in [2.45, 2.75) is 83.8 Å². The lowest BCUT2D eigenvalue weighted by molar-refractivity contribution is 0.108. The molecule has 0 unspecified atom stereocenters. The van der Waals surface area contributed by atoms with Crippen LogP contribution in [0.4, 0.5) is 5.69 Å². The molecule has 0 spiro atoms. The predicted octanol–water partition coefficient (Wildman–Crippen LogP) is 8.64. The topological polar surface area (TPSA) is 73.3 Å². The number of aldehydes is 1. The number of carbonyl (C=O) groups is 1. The van der Waals surface area contributed by atoms with Crippen molar-refractivity contribution in [3.8, 4) is 17.4 Å². The fraction of sp³-hybridized carbons (Fsp3) is 0.361. The second-order valence-corrected chi connectivity index (χ2v) is 11.6. The third-order valence-electron chi connectivity index (χ3n) is 8.65. The third kappa shape index (κ3) is 6.33. The van der Waals surface area contributed by atoms with Crippen molar-refractivity contribution in [2.75, 3.05) is 5.32 Å². The van der Waals surface area contributed by atoms with Gasteiger partial charge in [0.05, 0.1) is 18.1 Å². The van der Waals surface area contributed by atoms with Crippen LogP contribution >= 0.6 is 0 Å². The number of rotatable bonds is 12. The monoisotopic (exact) mass is 563 g/mol. The van der Waals surface area contributed by atoms with E-state index >= 15 is 0 Å². The molecule has 1 aliphatic carbocycles. The minimum absolute atomic E-state index is 0.0984. The molecule has 1 fully saturated rings. The van der Waals surface area contributed by atoms with E-state index < -0.39 is 0 Å². The van der Waals surface area contributed by atoms with E-state index in [4.69, 9.17) is 9.47 Å². The van der Waals surface area contributed by atoms with E-state index in [-0.39, 0.29) is 11.5 Å². The molecule has 0 atom stereocenters. The first-order valence-corrected chi connectivity index (χ1v) is 15.0. The summed E-state index contributed by atoms with van der Waals surface area (Å²) in [6.45, 7) is 10.7. The number of carbonyl (C=O) groups excluding carboxylic acids is 1. The maximum atomic E-state index is 11.1. The lowest BCUT2D eigenvalue weighted by atomic mass is 9.70. The van der Waals surface area contributed by atoms with Crippen LogP contribution in [0.2, 0.25) is 0 Å². The number of benzene rings is 3. The zero-order chi connectivity index (χ0) is 29.7. The normalized spacial score (nSPS) is 16.5. The lowest BCUT2D eigenvalue weighted by Crippen LogP contribution is -2.42. The number of hydrogen-bond acceptors (Lipinski definition) is 6. The third-order valence-corrected chi connectivity index (χ3v) is 8.65. The molecule has 0 saturated heterocycles. The van der Waals surface area contributed by atoms with Gasteiger partial charge in [-0.3, -0.25) is 9.78 Å². The van der Waals surface area contributed by atoms with Crippen LogP contribution < -0.4 is 14.8 Å². The molecule has 1 saturated carbocycles. The Balaban J connectivity index is 1.19. The minimum atomic E-state index is -0.0984. The molecule has 1 heterocycles. The molecule has 5 rings (SSSR count). The molecule has 6 heteroatoms. The Kier molecular flexibility index (Phi) is 8.91. The zero-order valence-electron chi connectivity index (χ0n) is 25.3. The summed E-state index contributed by atoms with van der Waals surface area (Å²) < 4.78 is 12.3. The lowest BCUT2D eigenvalue weighted by Gasteiger charge is -2.37. The summed E-state index contributed by atoms with van der Waals surface area (Å²) in [6, 6.07) is 23.3. The van der Waals surface area contributed by atoms with Gasteiger partial charge in [0.1, 0.15) is 23.9 Å². The van der Waals surface area contributed by atoms with Crippen molar-refractivity contribution in [3.05, 3.63) is 107 Å². The average Bonchev–Trinajstić information content (AvgIpc) is 2.99. The van der Waals surface area contributed by atoms with Crippen molar-refractivity contribution in [2.24, 2.45) is 0 Å². The second-order valence-electron chi connectivity index (χ2n) is 11.6. The highest BCUT2D eigenvalue weighted by Crippen LogP contribution is 2.40. The van der Waals surface area contributed by atoms with Gasteiger partial charge in [-0.05, 0) is 84.8 Å². The number of ether oxygens (including phenoxy) is 2. The molecule has 1 aromatic heterocycles. The van der Waals surface area contributed by atoms with Crippen molar-refractivity contribution >= 4 is 12.0 Å². The molecular formula is C36H41N3O3. The molecule has 6 nitrogen and oxygen atoms in total. The van der Waals surface area contributed by atoms with Gasteiger partial charge in [0.2, 0.25) is 5.88 Å². The number of aryl methyl sites for hydroxylation is 1. The van der Waals surface area contributed by atoms with Crippen LogP contribution in [0, 0.1) is 6.92 Å². The number of hydrogen-bond donors (Lipinski definition) is 1. The Hall–Kier alpha value is -4.19. The second kappa shape index (κ2) is 12.8. The van der Waals surface area contributed by atoms with E-state index in [9.17, 15) is 4.79 Å². The summed E-state index contributed by atoms with van der Waals surface area (Å²) in [5.74, 6) is 2.48. The van der Waals surface area contributed by atoms with Gasteiger partial charge in [0.25, 0.3) is 0 Å². The molecule has 0 amide bonds. The van der Waals surface area contributed by atoms with Gasteiger partial charge in [-0.25, -0.2) is 4.98 Å². The highest BCUT2D eigenvalue weighted by atomic mass is 16.5. The molecular weight excluding hydrogens is 522 g/mol. The van der Waals surface area contributed by atoms with Gasteiger partial charge in [-0.1, -0.05) is 52.0 Å². The van der Waals surface area contributed by atoms with E-state index in [2.05, 4.69) is 79.4 Å². The fourth-order valence-electron chi connectivity index (χ4n) is 5.83. The summed E-state index contributed by atoms with van der Waals surface area (Å²) in [4.78, 5) is 19.9. The van der Waals surface area contributed by atoms with E-state index in [1.165, 1.54) is 11.1 Å². The molecule has 0 aliphatic heterocycles. The van der Waals surface area contributed by atoms with Crippen LogP contribution in [0.15, 0.2) is 79.1 Å². The standard InChI is InChI=1S/C36H41N3O3/c1-6-36(7-2,28-11-16-32(17-12-28)42-35-22-37-34(21-38-35)24(3)4)27-9-14-31(15-10-27)41-33-19-30(20-33)39-29-13-8-26(23-40)25(5)18-29/h8-18,21-24,30,33,39H,6-7,19-20H2,1-5H3. The first-order chi connectivity index (χ1) is 20.3. The van der Waals surface area contributed by atoms with E-state index in [0.717, 1.165) is 66.0 Å². The van der Waals surface area contributed by atoms with Crippen LogP contribution in [-0.4, -0.2) is 28.4 Å². The summed E-state index contributed by atoms with van der Waals surface area (Å²) in [5.41, 5.74) is 6.17. The van der Waals surface area contributed by atoms with E-state index in [1.807, 2.05) is 37.3 Å². The van der Waals surface area contributed by atoms with Crippen molar-refractivity contribution < 1.29 is 14.3 Å². The van der Waals surface area contributed by atoms with Crippen LogP contribution in [0.25, 0.3) is 0 Å². The molecule has 0 radical (unpaired) electrons. The van der Waals surface area contributed by atoms with Gasteiger partial charge in [-0.2, -0.15) is 0 Å². The van der Waals surface area contributed by atoms with Gasteiger partial charge < -0.3 is 14.8 Å². The predicted molar refractivity (Wildman–Crippen MR) is 168 cm³/mol. The maximum absolute atomic E-state index is 11.1. The van der Waals surface area contributed by atoms with Gasteiger partial charge in [0, 0.05) is 35.5 Å².